The third-order valence-corrected chi connectivity index (χ3v) is 1.38. The standard InChI is InChI=1S/C8H8FNO/c1-2-7(11)6-4-3-5-10-8(6)9/h3-5H,2H2,1H3. The lowest BCUT2D eigenvalue weighted by molar-refractivity contribution is 0.0983. The van der Waals surface area contributed by atoms with E-state index in [1.807, 2.05) is 0 Å². The molecule has 0 aliphatic heterocycles. The molecule has 0 atom stereocenters. The van der Waals surface area contributed by atoms with Crippen molar-refractivity contribution in [3.05, 3.63) is 29.8 Å². The average molecular weight is 153 g/mol. The number of aromatic nitrogens is 1. The van der Waals surface area contributed by atoms with Gasteiger partial charge in [0.1, 0.15) is 0 Å². The maximum absolute atomic E-state index is 12.7. The van der Waals surface area contributed by atoms with Gasteiger partial charge in [-0.2, -0.15) is 4.39 Å². The van der Waals surface area contributed by atoms with E-state index >= 15 is 0 Å². The molecule has 2 nitrogen and oxygen atoms in total. The highest BCUT2D eigenvalue weighted by molar-refractivity contribution is 5.95. The number of Topliss-reactive ketones (excluding diaryl/α,β-unsaturated/α-hetero) is 1. The van der Waals surface area contributed by atoms with Crippen LogP contribution in [0.1, 0.15) is 23.7 Å². The molecule has 0 saturated heterocycles. The number of carbonyl (C=O) groups excluding carboxylic acids is 1. The quantitative estimate of drug-likeness (QED) is 0.479. The lowest BCUT2D eigenvalue weighted by Gasteiger charge is -1.96. The highest BCUT2D eigenvalue weighted by Gasteiger charge is 2.08. The van der Waals surface area contributed by atoms with Gasteiger partial charge >= 0.3 is 0 Å². The first kappa shape index (κ1) is 7.85. The van der Waals surface area contributed by atoms with Gasteiger partial charge in [0.15, 0.2) is 5.78 Å². The Balaban J connectivity index is 3.03. The zero-order valence-corrected chi connectivity index (χ0v) is 6.17. The summed E-state index contributed by atoms with van der Waals surface area (Å²) in [4.78, 5) is 14.3. The summed E-state index contributed by atoms with van der Waals surface area (Å²) in [6, 6.07) is 2.99. The topological polar surface area (TPSA) is 30.0 Å². The van der Waals surface area contributed by atoms with Gasteiger partial charge in [-0.25, -0.2) is 4.98 Å². The van der Waals surface area contributed by atoms with Gasteiger partial charge in [0.05, 0.1) is 5.56 Å². The van der Waals surface area contributed by atoms with Gasteiger partial charge < -0.3 is 0 Å². The number of ketones is 1. The summed E-state index contributed by atoms with van der Waals surface area (Å²) in [5, 5.41) is 0. The summed E-state index contributed by atoms with van der Waals surface area (Å²) < 4.78 is 12.7. The SMILES string of the molecule is CCC(=O)c1cccnc1F. The van der Waals surface area contributed by atoms with Gasteiger partial charge in [0, 0.05) is 12.6 Å². The van der Waals surface area contributed by atoms with Crippen LogP contribution in [0.4, 0.5) is 4.39 Å². The molecule has 0 N–H and O–H groups in total. The molecule has 0 radical (unpaired) electrons. The molecule has 0 amide bonds. The Labute approximate surface area is 64.1 Å². The Morgan fingerprint density at radius 2 is 2.45 bits per heavy atom. The number of hydrogen-bond donors (Lipinski definition) is 0. The van der Waals surface area contributed by atoms with Crippen molar-refractivity contribution in [2.45, 2.75) is 13.3 Å². The van der Waals surface area contributed by atoms with E-state index in [0.29, 0.717) is 6.42 Å². The summed E-state index contributed by atoms with van der Waals surface area (Å²) in [7, 11) is 0. The van der Waals surface area contributed by atoms with Crippen LogP contribution in [0, 0.1) is 5.95 Å². The fraction of sp³-hybridized carbons (Fsp3) is 0.250. The highest BCUT2D eigenvalue weighted by atomic mass is 19.1. The predicted molar refractivity (Wildman–Crippen MR) is 38.8 cm³/mol. The Morgan fingerprint density at radius 1 is 1.73 bits per heavy atom. The lowest BCUT2D eigenvalue weighted by atomic mass is 10.1. The third-order valence-electron chi connectivity index (χ3n) is 1.38. The molecule has 0 fully saturated rings. The number of carbonyl (C=O) groups is 1. The van der Waals surface area contributed by atoms with E-state index in [4.69, 9.17) is 0 Å². The molecule has 1 rings (SSSR count). The Morgan fingerprint density at radius 3 is 3.00 bits per heavy atom. The number of rotatable bonds is 2. The summed E-state index contributed by atoms with van der Waals surface area (Å²) >= 11 is 0. The zero-order chi connectivity index (χ0) is 8.27. The van der Waals surface area contributed by atoms with Crippen molar-refractivity contribution in [3.8, 4) is 0 Å². The molecule has 0 unspecified atom stereocenters. The minimum atomic E-state index is -0.681. The first-order valence-electron chi connectivity index (χ1n) is 3.39. The van der Waals surface area contributed by atoms with Crippen LogP contribution >= 0.6 is 0 Å². The summed E-state index contributed by atoms with van der Waals surface area (Å²) in [5.41, 5.74) is 0.0787. The minimum Gasteiger partial charge on any atom is -0.294 e. The maximum atomic E-state index is 12.7. The second kappa shape index (κ2) is 3.23. The number of nitrogens with zero attached hydrogens (tertiary/aromatic N) is 1. The Kier molecular flexibility index (Phi) is 2.31. The molecule has 1 aromatic rings. The number of pyridine rings is 1. The minimum absolute atomic E-state index is 0.0787. The second-order valence-corrected chi connectivity index (χ2v) is 2.12. The lowest BCUT2D eigenvalue weighted by Crippen LogP contribution is -2.01. The van der Waals surface area contributed by atoms with Crippen molar-refractivity contribution in [2.75, 3.05) is 0 Å². The second-order valence-electron chi connectivity index (χ2n) is 2.12. The molecule has 3 heteroatoms. The molecule has 0 aliphatic carbocycles. The van der Waals surface area contributed by atoms with Crippen LogP contribution in [0.15, 0.2) is 18.3 Å². The van der Waals surface area contributed by atoms with Gasteiger partial charge in [0.25, 0.3) is 0 Å². The van der Waals surface area contributed by atoms with E-state index in [0.717, 1.165) is 0 Å². The van der Waals surface area contributed by atoms with Crippen LogP contribution in [-0.2, 0) is 0 Å². The highest BCUT2D eigenvalue weighted by Crippen LogP contribution is 2.05. The summed E-state index contributed by atoms with van der Waals surface area (Å²) in [6.45, 7) is 1.69. The van der Waals surface area contributed by atoms with Crippen LogP contribution < -0.4 is 0 Å². The molecule has 1 aromatic heterocycles. The van der Waals surface area contributed by atoms with Gasteiger partial charge in [-0.15, -0.1) is 0 Å². The Bertz CT molecular complexity index is 273. The molecular weight excluding hydrogens is 145 g/mol. The molecule has 58 valence electrons. The van der Waals surface area contributed by atoms with Gasteiger partial charge in [-0.1, -0.05) is 6.92 Å². The van der Waals surface area contributed by atoms with Crippen LogP contribution in [0.25, 0.3) is 0 Å². The molecule has 0 bridgehead atoms. The van der Waals surface area contributed by atoms with Crippen LogP contribution in [-0.4, -0.2) is 10.8 Å². The van der Waals surface area contributed by atoms with E-state index in [1.165, 1.54) is 12.3 Å². The predicted octanol–water partition coefficient (Wildman–Crippen LogP) is 1.81. The fourth-order valence-electron chi connectivity index (χ4n) is 0.784. The molecule has 0 aliphatic rings. The van der Waals surface area contributed by atoms with Gasteiger partial charge in [-0.3, -0.25) is 4.79 Å². The van der Waals surface area contributed by atoms with E-state index < -0.39 is 5.95 Å². The zero-order valence-electron chi connectivity index (χ0n) is 6.17. The fourth-order valence-corrected chi connectivity index (χ4v) is 0.784. The van der Waals surface area contributed by atoms with Crippen LogP contribution in [0.3, 0.4) is 0 Å². The van der Waals surface area contributed by atoms with Crippen LogP contribution in [0.2, 0.25) is 0 Å². The largest absolute Gasteiger partial charge is 0.294 e. The van der Waals surface area contributed by atoms with Crippen molar-refractivity contribution in [1.82, 2.24) is 4.98 Å². The average Bonchev–Trinajstić information content (AvgIpc) is 2.04. The smallest absolute Gasteiger partial charge is 0.223 e. The first-order valence-corrected chi connectivity index (χ1v) is 3.39. The van der Waals surface area contributed by atoms with E-state index in [1.54, 1.807) is 13.0 Å². The van der Waals surface area contributed by atoms with E-state index in [-0.39, 0.29) is 11.3 Å². The maximum Gasteiger partial charge on any atom is 0.223 e. The molecular formula is C8H8FNO. The van der Waals surface area contributed by atoms with Crippen LogP contribution in [0.5, 0.6) is 0 Å². The number of hydrogen-bond acceptors (Lipinski definition) is 2. The Hall–Kier alpha value is -1.25. The van der Waals surface area contributed by atoms with Crippen molar-refractivity contribution in [1.29, 1.82) is 0 Å². The monoisotopic (exact) mass is 153 g/mol. The first-order chi connectivity index (χ1) is 5.25. The van der Waals surface area contributed by atoms with Gasteiger partial charge in [0.2, 0.25) is 5.95 Å². The summed E-state index contributed by atoms with van der Waals surface area (Å²) in [6.07, 6.45) is 1.63. The summed E-state index contributed by atoms with van der Waals surface area (Å²) in [5.74, 6) is -0.894. The molecule has 0 saturated carbocycles. The van der Waals surface area contributed by atoms with Crippen molar-refractivity contribution < 1.29 is 9.18 Å². The third kappa shape index (κ3) is 1.61. The van der Waals surface area contributed by atoms with E-state index in [9.17, 15) is 9.18 Å². The number of halogens is 1. The van der Waals surface area contributed by atoms with E-state index in [2.05, 4.69) is 4.98 Å². The van der Waals surface area contributed by atoms with Crippen molar-refractivity contribution >= 4 is 5.78 Å². The van der Waals surface area contributed by atoms with Gasteiger partial charge in [-0.05, 0) is 12.1 Å². The van der Waals surface area contributed by atoms with Crippen molar-refractivity contribution in [2.24, 2.45) is 0 Å². The molecule has 0 spiro atoms. The molecule has 11 heavy (non-hydrogen) atoms. The molecule has 1 heterocycles. The molecule has 0 aromatic carbocycles. The van der Waals surface area contributed by atoms with Crippen molar-refractivity contribution in [3.63, 3.8) is 0 Å². The normalized spacial score (nSPS) is 9.64.